The molecule has 1 atom stereocenters. The molecule has 1 unspecified atom stereocenters. The fraction of sp³-hybridized carbons (Fsp3) is 0.417. The molecule has 2 nitrogen and oxygen atoms in total. The van der Waals surface area contributed by atoms with Gasteiger partial charge in [-0.25, -0.2) is 0 Å². The summed E-state index contributed by atoms with van der Waals surface area (Å²) in [5.74, 6) is 0. The van der Waals surface area contributed by atoms with Gasteiger partial charge >= 0.3 is 0 Å². The summed E-state index contributed by atoms with van der Waals surface area (Å²) in [6.45, 7) is 4.34. The van der Waals surface area contributed by atoms with Gasteiger partial charge in [0.05, 0.1) is 0 Å². The van der Waals surface area contributed by atoms with Crippen molar-refractivity contribution < 1.29 is 4.74 Å². The van der Waals surface area contributed by atoms with E-state index in [0.717, 1.165) is 5.56 Å². The number of ether oxygens (including phenoxy) is 1. The Bertz CT molecular complexity index is 355. The SMILES string of the molecule is CCOC(C#N)(CC)c1ccc(Cl)cc1. The van der Waals surface area contributed by atoms with Gasteiger partial charge in [-0.05, 0) is 31.0 Å². The number of rotatable bonds is 4. The summed E-state index contributed by atoms with van der Waals surface area (Å²) in [7, 11) is 0. The van der Waals surface area contributed by atoms with E-state index in [1.165, 1.54) is 0 Å². The average Bonchev–Trinajstić information content (AvgIpc) is 2.27. The molecule has 0 spiro atoms. The lowest BCUT2D eigenvalue weighted by Crippen LogP contribution is -2.27. The van der Waals surface area contributed by atoms with Crippen molar-refractivity contribution in [3.05, 3.63) is 34.9 Å². The van der Waals surface area contributed by atoms with Crippen molar-refractivity contribution in [2.45, 2.75) is 25.9 Å². The van der Waals surface area contributed by atoms with Gasteiger partial charge in [0.25, 0.3) is 0 Å². The molecule has 1 rings (SSSR count). The van der Waals surface area contributed by atoms with Crippen LogP contribution in [-0.4, -0.2) is 6.61 Å². The van der Waals surface area contributed by atoms with Gasteiger partial charge < -0.3 is 4.74 Å². The predicted octanol–water partition coefficient (Wildman–Crippen LogP) is 3.51. The second kappa shape index (κ2) is 5.16. The van der Waals surface area contributed by atoms with Crippen LogP contribution < -0.4 is 0 Å². The molecule has 0 aliphatic rings. The van der Waals surface area contributed by atoms with Crippen molar-refractivity contribution in [1.82, 2.24) is 0 Å². The molecule has 0 saturated heterocycles. The van der Waals surface area contributed by atoms with Crippen LogP contribution in [0.15, 0.2) is 24.3 Å². The van der Waals surface area contributed by atoms with Crippen LogP contribution in [0, 0.1) is 11.3 Å². The molecule has 3 heteroatoms. The lowest BCUT2D eigenvalue weighted by molar-refractivity contribution is -0.00124. The molecular weight excluding hydrogens is 210 g/mol. The maximum Gasteiger partial charge on any atom is 0.179 e. The highest BCUT2D eigenvalue weighted by molar-refractivity contribution is 6.30. The molecule has 0 N–H and O–H groups in total. The van der Waals surface area contributed by atoms with Gasteiger partial charge in [-0.2, -0.15) is 5.26 Å². The van der Waals surface area contributed by atoms with E-state index in [4.69, 9.17) is 16.3 Å². The van der Waals surface area contributed by atoms with Crippen molar-refractivity contribution >= 4 is 11.6 Å². The summed E-state index contributed by atoms with van der Waals surface area (Å²) >= 11 is 5.80. The number of nitrogens with zero attached hydrogens (tertiary/aromatic N) is 1. The van der Waals surface area contributed by atoms with Gasteiger partial charge in [0.1, 0.15) is 6.07 Å². The Hall–Kier alpha value is -1.04. The molecule has 0 aromatic heterocycles. The van der Waals surface area contributed by atoms with Gasteiger partial charge in [0.15, 0.2) is 5.60 Å². The average molecular weight is 224 g/mol. The summed E-state index contributed by atoms with van der Waals surface area (Å²) in [6.07, 6.45) is 0.624. The Balaban J connectivity index is 3.09. The molecule has 0 aliphatic carbocycles. The van der Waals surface area contributed by atoms with Gasteiger partial charge in [-0.15, -0.1) is 0 Å². The summed E-state index contributed by atoms with van der Waals surface area (Å²) in [5.41, 5.74) is 0.0260. The first-order valence-electron chi connectivity index (χ1n) is 4.99. The second-order valence-electron chi connectivity index (χ2n) is 3.23. The lowest BCUT2D eigenvalue weighted by Gasteiger charge is -2.25. The minimum absolute atomic E-state index is 0.518. The third-order valence-corrected chi connectivity index (χ3v) is 2.63. The Morgan fingerprint density at radius 3 is 2.33 bits per heavy atom. The van der Waals surface area contributed by atoms with Crippen LogP contribution >= 0.6 is 11.6 Å². The van der Waals surface area contributed by atoms with E-state index in [9.17, 15) is 5.26 Å². The zero-order chi connectivity index (χ0) is 11.3. The van der Waals surface area contributed by atoms with Gasteiger partial charge in [0.2, 0.25) is 0 Å². The van der Waals surface area contributed by atoms with Crippen LogP contribution in [0.4, 0.5) is 0 Å². The van der Waals surface area contributed by atoms with Gasteiger partial charge in [-0.3, -0.25) is 0 Å². The van der Waals surface area contributed by atoms with Crippen molar-refractivity contribution in [3.63, 3.8) is 0 Å². The fourth-order valence-corrected chi connectivity index (χ4v) is 1.66. The molecule has 0 aliphatic heterocycles. The smallest absolute Gasteiger partial charge is 0.179 e. The minimum Gasteiger partial charge on any atom is -0.356 e. The maximum atomic E-state index is 9.22. The third kappa shape index (κ3) is 2.50. The van der Waals surface area contributed by atoms with Gasteiger partial charge in [-0.1, -0.05) is 30.7 Å². The Morgan fingerprint density at radius 1 is 1.33 bits per heavy atom. The molecule has 0 bridgehead atoms. The highest BCUT2D eigenvalue weighted by Crippen LogP contribution is 2.29. The fourth-order valence-electron chi connectivity index (χ4n) is 1.53. The molecule has 0 heterocycles. The Morgan fingerprint density at radius 2 is 1.93 bits per heavy atom. The first-order chi connectivity index (χ1) is 7.18. The standard InChI is InChI=1S/C12H14ClNO/c1-3-12(9-14,15-4-2)10-5-7-11(13)8-6-10/h5-8H,3-4H2,1-2H3. The summed E-state index contributed by atoms with van der Waals surface area (Å²) in [4.78, 5) is 0. The Labute approximate surface area is 95.4 Å². The largest absolute Gasteiger partial charge is 0.356 e. The predicted molar refractivity (Wildman–Crippen MR) is 60.7 cm³/mol. The van der Waals surface area contributed by atoms with Crippen molar-refractivity contribution in [3.8, 4) is 6.07 Å². The zero-order valence-corrected chi connectivity index (χ0v) is 9.71. The van der Waals surface area contributed by atoms with Crippen LogP contribution in [0.2, 0.25) is 5.02 Å². The quantitative estimate of drug-likeness (QED) is 0.783. The molecule has 1 aromatic rings. The summed E-state index contributed by atoms with van der Waals surface area (Å²) in [6, 6.07) is 9.46. The van der Waals surface area contributed by atoms with E-state index in [2.05, 4.69) is 6.07 Å². The number of halogens is 1. The normalized spacial score (nSPS) is 14.3. The molecule has 0 saturated carbocycles. The van der Waals surface area contributed by atoms with E-state index >= 15 is 0 Å². The highest BCUT2D eigenvalue weighted by Gasteiger charge is 2.30. The second-order valence-corrected chi connectivity index (χ2v) is 3.67. The molecular formula is C12H14ClNO. The van der Waals surface area contributed by atoms with Gasteiger partial charge in [0, 0.05) is 11.6 Å². The lowest BCUT2D eigenvalue weighted by atomic mass is 9.92. The van der Waals surface area contributed by atoms with E-state index in [1.807, 2.05) is 26.0 Å². The van der Waals surface area contributed by atoms with Crippen LogP contribution in [-0.2, 0) is 10.3 Å². The number of hydrogen-bond donors (Lipinski definition) is 0. The van der Waals surface area contributed by atoms with E-state index < -0.39 is 5.60 Å². The number of benzene rings is 1. The van der Waals surface area contributed by atoms with E-state index in [-0.39, 0.29) is 0 Å². The van der Waals surface area contributed by atoms with Crippen LogP contribution in [0.25, 0.3) is 0 Å². The first-order valence-corrected chi connectivity index (χ1v) is 5.37. The zero-order valence-electron chi connectivity index (χ0n) is 8.96. The molecule has 1 aromatic carbocycles. The van der Waals surface area contributed by atoms with Crippen molar-refractivity contribution in [2.24, 2.45) is 0 Å². The molecule has 0 fully saturated rings. The summed E-state index contributed by atoms with van der Waals surface area (Å²) < 4.78 is 5.55. The van der Waals surface area contributed by atoms with Crippen molar-refractivity contribution in [1.29, 1.82) is 5.26 Å². The Kier molecular flexibility index (Phi) is 4.14. The van der Waals surface area contributed by atoms with Crippen LogP contribution in [0.5, 0.6) is 0 Å². The van der Waals surface area contributed by atoms with Crippen molar-refractivity contribution in [2.75, 3.05) is 6.61 Å². The third-order valence-electron chi connectivity index (χ3n) is 2.38. The van der Waals surface area contributed by atoms with Crippen LogP contribution in [0.1, 0.15) is 25.8 Å². The highest BCUT2D eigenvalue weighted by atomic mass is 35.5. The number of nitriles is 1. The van der Waals surface area contributed by atoms with E-state index in [1.54, 1.807) is 12.1 Å². The molecule has 15 heavy (non-hydrogen) atoms. The first kappa shape index (κ1) is 12.0. The minimum atomic E-state index is -0.834. The molecule has 80 valence electrons. The maximum absolute atomic E-state index is 9.22. The molecule has 0 amide bonds. The van der Waals surface area contributed by atoms with Crippen LogP contribution in [0.3, 0.4) is 0 Å². The summed E-state index contributed by atoms with van der Waals surface area (Å²) in [5, 5.41) is 9.89. The van der Waals surface area contributed by atoms with E-state index in [0.29, 0.717) is 18.1 Å². The topological polar surface area (TPSA) is 33.0 Å². The number of hydrogen-bond acceptors (Lipinski definition) is 2. The molecule has 0 radical (unpaired) electrons. The monoisotopic (exact) mass is 223 g/mol.